The number of hydrogen-bond donors (Lipinski definition) is 2. The number of carboxylic acid groups (broad SMARTS) is 1. The van der Waals surface area contributed by atoms with Crippen LogP contribution in [0.5, 0.6) is 0 Å². The van der Waals surface area contributed by atoms with E-state index in [1.54, 1.807) is 10.9 Å². The molecule has 1 rings (SSSR count). The van der Waals surface area contributed by atoms with Gasteiger partial charge in [0.05, 0.1) is 6.20 Å². The van der Waals surface area contributed by atoms with E-state index in [-0.39, 0.29) is 6.42 Å². The predicted octanol–water partition coefficient (Wildman–Crippen LogP) is 0.620. The number of aryl methyl sites for hydroxylation is 1. The van der Waals surface area contributed by atoms with E-state index in [1.165, 1.54) is 0 Å². The molecule has 5 nitrogen and oxygen atoms in total. The van der Waals surface area contributed by atoms with Gasteiger partial charge in [-0.15, -0.1) is 0 Å². The van der Waals surface area contributed by atoms with Gasteiger partial charge in [-0.25, -0.2) is 0 Å². The van der Waals surface area contributed by atoms with Crippen molar-refractivity contribution in [1.82, 2.24) is 9.78 Å². The highest BCUT2D eigenvalue weighted by atomic mass is 79.9. The summed E-state index contributed by atoms with van der Waals surface area (Å²) >= 11 is 3.34. The Labute approximate surface area is 90.0 Å². The fraction of sp³-hybridized carbons (Fsp3) is 0.500. The maximum Gasteiger partial charge on any atom is 0.320 e. The van der Waals surface area contributed by atoms with Gasteiger partial charge in [0.1, 0.15) is 10.6 Å². The number of nitrogens with two attached hydrogens (primary N) is 1. The molecule has 6 heteroatoms. The largest absolute Gasteiger partial charge is 0.480 e. The fourth-order valence-corrected chi connectivity index (χ4v) is 1.70. The molecule has 1 heterocycles. The van der Waals surface area contributed by atoms with Crippen LogP contribution in [-0.4, -0.2) is 26.9 Å². The molecule has 0 spiro atoms. The van der Waals surface area contributed by atoms with Crippen molar-refractivity contribution < 1.29 is 9.90 Å². The number of aliphatic carboxylic acids is 1. The van der Waals surface area contributed by atoms with Crippen molar-refractivity contribution in [3.05, 3.63) is 16.4 Å². The molecule has 1 unspecified atom stereocenters. The van der Waals surface area contributed by atoms with Crippen LogP contribution in [0.15, 0.2) is 10.8 Å². The molecule has 0 radical (unpaired) electrons. The maximum absolute atomic E-state index is 10.5. The van der Waals surface area contributed by atoms with Gasteiger partial charge in [0.25, 0.3) is 0 Å². The second-order valence-corrected chi connectivity index (χ2v) is 3.68. The second-order valence-electron chi connectivity index (χ2n) is 2.93. The molecule has 0 saturated heterocycles. The Morgan fingerprint density at radius 3 is 2.93 bits per heavy atom. The van der Waals surface area contributed by atoms with Crippen LogP contribution in [0.25, 0.3) is 0 Å². The van der Waals surface area contributed by atoms with Crippen LogP contribution < -0.4 is 5.73 Å². The first-order valence-corrected chi connectivity index (χ1v) is 5.04. The lowest BCUT2D eigenvalue weighted by atomic mass is 10.1. The third-order valence-corrected chi connectivity index (χ3v) is 2.82. The lowest BCUT2D eigenvalue weighted by molar-refractivity contribution is -0.138. The van der Waals surface area contributed by atoms with Crippen molar-refractivity contribution in [3.63, 3.8) is 0 Å². The maximum atomic E-state index is 10.5. The highest BCUT2D eigenvalue weighted by molar-refractivity contribution is 9.10. The zero-order valence-corrected chi connectivity index (χ0v) is 9.36. The first-order chi connectivity index (χ1) is 6.56. The topological polar surface area (TPSA) is 81.1 Å². The van der Waals surface area contributed by atoms with Gasteiger partial charge in [0.2, 0.25) is 0 Å². The molecule has 0 aliphatic heterocycles. The minimum atomic E-state index is -0.999. The minimum absolute atomic E-state index is 0.288. The van der Waals surface area contributed by atoms with Crippen molar-refractivity contribution in [2.45, 2.75) is 25.9 Å². The Balaban J connectivity index is 2.77. The summed E-state index contributed by atoms with van der Waals surface area (Å²) in [6.07, 6.45) is 1.92. The van der Waals surface area contributed by atoms with E-state index >= 15 is 0 Å². The zero-order chi connectivity index (χ0) is 10.7. The summed E-state index contributed by atoms with van der Waals surface area (Å²) < 4.78 is 2.54. The van der Waals surface area contributed by atoms with E-state index < -0.39 is 12.0 Å². The van der Waals surface area contributed by atoms with E-state index in [0.29, 0.717) is 0 Å². The van der Waals surface area contributed by atoms with Gasteiger partial charge in [-0.3, -0.25) is 9.48 Å². The average molecular weight is 262 g/mol. The molecule has 0 aliphatic carbocycles. The Bertz CT molecular complexity index is 337. The summed E-state index contributed by atoms with van der Waals surface area (Å²) in [6, 6.07) is -0.874. The van der Waals surface area contributed by atoms with Crippen LogP contribution in [0.3, 0.4) is 0 Å². The molecule has 0 aliphatic rings. The standard InChI is InChI=1S/C8H12BrN3O2/c1-2-12-7(9)5(4-11-12)3-6(10)8(13)14/h4,6H,2-3,10H2,1H3,(H,13,14). The summed E-state index contributed by atoms with van der Waals surface area (Å²) in [5.41, 5.74) is 6.23. The van der Waals surface area contributed by atoms with E-state index in [2.05, 4.69) is 21.0 Å². The Kier molecular flexibility index (Phi) is 3.65. The van der Waals surface area contributed by atoms with Crippen LogP contribution in [-0.2, 0) is 17.8 Å². The lowest BCUT2D eigenvalue weighted by Gasteiger charge is -2.04. The Morgan fingerprint density at radius 2 is 2.50 bits per heavy atom. The monoisotopic (exact) mass is 261 g/mol. The Hall–Kier alpha value is -0.880. The molecular formula is C8H12BrN3O2. The van der Waals surface area contributed by atoms with Crippen molar-refractivity contribution >= 4 is 21.9 Å². The molecule has 0 saturated carbocycles. The minimum Gasteiger partial charge on any atom is -0.480 e. The number of carbonyl (C=O) groups is 1. The molecule has 14 heavy (non-hydrogen) atoms. The van der Waals surface area contributed by atoms with E-state index in [4.69, 9.17) is 10.8 Å². The van der Waals surface area contributed by atoms with Gasteiger partial charge >= 0.3 is 5.97 Å². The van der Waals surface area contributed by atoms with Crippen LogP contribution in [0.2, 0.25) is 0 Å². The van der Waals surface area contributed by atoms with Crippen LogP contribution in [0.1, 0.15) is 12.5 Å². The number of aromatic nitrogens is 2. The quantitative estimate of drug-likeness (QED) is 0.833. The van der Waals surface area contributed by atoms with Crippen LogP contribution >= 0.6 is 15.9 Å². The molecule has 1 aromatic heterocycles. The fourth-order valence-electron chi connectivity index (χ4n) is 1.09. The number of nitrogens with zero attached hydrogens (tertiary/aromatic N) is 2. The number of halogens is 1. The van der Waals surface area contributed by atoms with E-state index in [0.717, 1.165) is 16.7 Å². The Morgan fingerprint density at radius 1 is 1.86 bits per heavy atom. The third kappa shape index (κ3) is 2.33. The molecule has 1 aromatic rings. The van der Waals surface area contributed by atoms with Crippen molar-refractivity contribution in [2.24, 2.45) is 5.73 Å². The molecule has 78 valence electrons. The molecule has 0 bridgehead atoms. The van der Waals surface area contributed by atoms with Crippen molar-refractivity contribution in [2.75, 3.05) is 0 Å². The molecule has 0 fully saturated rings. The van der Waals surface area contributed by atoms with Crippen molar-refractivity contribution in [3.8, 4) is 0 Å². The molecular weight excluding hydrogens is 250 g/mol. The van der Waals surface area contributed by atoms with Gasteiger partial charge in [-0.1, -0.05) is 0 Å². The average Bonchev–Trinajstić information content (AvgIpc) is 2.47. The summed E-state index contributed by atoms with van der Waals surface area (Å²) in [5, 5.41) is 12.7. The van der Waals surface area contributed by atoms with Crippen LogP contribution in [0.4, 0.5) is 0 Å². The normalized spacial score (nSPS) is 12.8. The SMILES string of the molecule is CCn1ncc(CC(N)C(=O)O)c1Br. The summed E-state index contributed by atoms with van der Waals surface area (Å²) in [4.78, 5) is 10.5. The third-order valence-electron chi connectivity index (χ3n) is 1.90. The molecule has 0 amide bonds. The first-order valence-electron chi connectivity index (χ1n) is 4.24. The predicted molar refractivity (Wildman–Crippen MR) is 54.9 cm³/mol. The van der Waals surface area contributed by atoms with Gasteiger partial charge in [0, 0.05) is 18.5 Å². The van der Waals surface area contributed by atoms with Gasteiger partial charge in [-0.05, 0) is 22.9 Å². The van der Waals surface area contributed by atoms with Crippen LogP contribution in [0, 0.1) is 0 Å². The summed E-state index contributed by atoms with van der Waals surface area (Å²) in [7, 11) is 0. The first kappa shape index (κ1) is 11.2. The second kappa shape index (κ2) is 4.56. The van der Waals surface area contributed by atoms with Gasteiger partial charge in [-0.2, -0.15) is 5.10 Å². The number of rotatable bonds is 4. The molecule has 0 aromatic carbocycles. The summed E-state index contributed by atoms with van der Waals surface area (Å²) in [6.45, 7) is 2.70. The van der Waals surface area contributed by atoms with E-state index in [1.807, 2.05) is 6.92 Å². The summed E-state index contributed by atoms with van der Waals surface area (Å²) in [5.74, 6) is -0.999. The smallest absolute Gasteiger partial charge is 0.320 e. The van der Waals surface area contributed by atoms with Gasteiger partial charge < -0.3 is 10.8 Å². The molecule has 1 atom stereocenters. The zero-order valence-electron chi connectivity index (χ0n) is 7.77. The van der Waals surface area contributed by atoms with E-state index in [9.17, 15) is 4.79 Å². The van der Waals surface area contributed by atoms with Crippen molar-refractivity contribution in [1.29, 1.82) is 0 Å². The van der Waals surface area contributed by atoms with Gasteiger partial charge in [0.15, 0.2) is 0 Å². The highest BCUT2D eigenvalue weighted by Gasteiger charge is 2.16. The highest BCUT2D eigenvalue weighted by Crippen LogP contribution is 2.17. The number of hydrogen-bond acceptors (Lipinski definition) is 3. The lowest BCUT2D eigenvalue weighted by Crippen LogP contribution is -2.32. The molecule has 3 N–H and O–H groups in total. The number of carboxylic acids is 1.